The number of hydrogen-bond donors (Lipinski definition) is 3. The molecule has 1 amide bonds. The molecular weight excluding hydrogens is 438 g/mol. The first-order valence-corrected chi connectivity index (χ1v) is 11.3. The van der Waals surface area contributed by atoms with E-state index in [2.05, 4.69) is 10.6 Å². The van der Waals surface area contributed by atoms with Crippen LogP contribution in [-0.4, -0.2) is 35.9 Å². The Hall–Kier alpha value is -3.13. The number of nitrogens with one attached hydrogen (secondary N) is 2. The first kappa shape index (κ1) is 24.0. The van der Waals surface area contributed by atoms with E-state index in [9.17, 15) is 18.7 Å². The van der Waals surface area contributed by atoms with E-state index in [1.165, 1.54) is 31.2 Å². The molecule has 0 saturated carbocycles. The second-order valence-corrected chi connectivity index (χ2v) is 8.62. The van der Waals surface area contributed by atoms with Crippen molar-refractivity contribution in [3.8, 4) is 0 Å². The van der Waals surface area contributed by atoms with Crippen molar-refractivity contribution < 1.29 is 23.4 Å². The van der Waals surface area contributed by atoms with Crippen molar-refractivity contribution in [2.75, 3.05) is 11.9 Å². The quantitative estimate of drug-likeness (QED) is 0.484. The molecule has 0 aliphatic carbocycles. The van der Waals surface area contributed by atoms with Crippen molar-refractivity contribution in [1.82, 2.24) is 5.32 Å². The van der Waals surface area contributed by atoms with Crippen LogP contribution in [0.2, 0.25) is 0 Å². The molecule has 0 unspecified atom stereocenters. The number of amides is 1. The van der Waals surface area contributed by atoms with Crippen molar-refractivity contribution in [1.29, 1.82) is 0 Å². The van der Waals surface area contributed by atoms with Crippen LogP contribution in [0, 0.1) is 11.6 Å². The second kappa shape index (κ2) is 10.9. The summed E-state index contributed by atoms with van der Waals surface area (Å²) in [5, 5.41) is 17.0. The molecule has 3 aromatic carbocycles. The van der Waals surface area contributed by atoms with Gasteiger partial charge in [-0.05, 0) is 53.1 Å². The molecule has 7 heteroatoms. The predicted molar refractivity (Wildman–Crippen MR) is 126 cm³/mol. The molecule has 1 saturated heterocycles. The highest BCUT2D eigenvalue weighted by atomic mass is 19.1. The third kappa shape index (κ3) is 6.05. The molecule has 4 rings (SSSR count). The van der Waals surface area contributed by atoms with Gasteiger partial charge >= 0.3 is 0 Å². The summed E-state index contributed by atoms with van der Waals surface area (Å²) >= 11 is 0. The maximum atomic E-state index is 13.5. The number of carbonyl (C=O) groups excluding carboxylic acids is 1. The minimum absolute atomic E-state index is 0.123. The zero-order valence-electron chi connectivity index (χ0n) is 18.9. The van der Waals surface area contributed by atoms with Gasteiger partial charge in [-0.15, -0.1) is 0 Å². The van der Waals surface area contributed by atoms with Gasteiger partial charge in [0.25, 0.3) is 0 Å². The zero-order valence-corrected chi connectivity index (χ0v) is 18.9. The number of aliphatic hydroxyl groups excluding tert-OH is 1. The highest BCUT2D eigenvalue weighted by Gasteiger charge is 2.35. The lowest BCUT2D eigenvalue weighted by Gasteiger charge is -2.38. The summed E-state index contributed by atoms with van der Waals surface area (Å²) in [6.45, 7) is 2.30. The molecule has 3 aromatic rings. The Morgan fingerprint density at radius 3 is 2.03 bits per heavy atom. The summed E-state index contributed by atoms with van der Waals surface area (Å²) in [7, 11) is 0. The summed E-state index contributed by atoms with van der Waals surface area (Å²) in [6, 6.07) is 19.6. The number of ether oxygens (including phenoxy) is 1. The van der Waals surface area contributed by atoms with E-state index in [0.717, 1.165) is 22.4 Å². The number of halogens is 2. The van der Waals surface area contributed by atoms with Crippen LogP contribution in [0.3, 0.4) is 0 Å². The highest BCUT2D eigenvalue weighted by Crippen LogP contribution is 2.35. The fourth-order valence-electron chi connectivity index (χ4n) is 4.36. The Balaban J connectivity index is 1.42. The van der Waals surface area contributed by atoms with Crippen LogP contribution in [-0.2, 0) is 16.1 Å². The molecule has 3 N–H and O–H groups in total. The van der Waals surface area contributed by atoms with Crippen LogP contribution >= 0.6 is 0 Å². The van der Waals surface area contributed by atoms with Crippen LogP contribution in [0.25, 0.3) is 0 Å². The van der Waals surface area contributed by atoms with E-state index in [0.29, 0.717) is 19.6 Å². The fraction of sp³-hybridized carbons (Fsp3) is 0.296. The molecule has 178 valence electrons. The van der Waals surface area contributed by atoms with Gasteiger partial charge in [0.1, 0.15) is 11.6 Å². The summed E-state index contributed by atoms with van der Waals surface area (Å²) in [5.41, 5.74) is 3.43. The average Bonchev–Trinajstić information content (AvgIpc) is 2.82. The van der Waals surface area contributed by atoms with Crippen molar-refractivity contribution >= 4 is 11.6 Å². The van der Waals surface area contributed by atoms with Gasteiger partial charge in [-0.25, -0.2) is 8.78 Å². The fourth-order valence-corrected chi connectivity index (χ4v) is 4.36. The normalized spacial score (nSPS) is 20.3. The molecule has 5 nitrogen and oxygen atoms in total. The Morgan fingerprint density at radius 1 is 0.971 bits per heavy atom. The standard InChI is InChI=1S/C27H28F2N2O3/c1-17(32)31-23-12-2-18(3-13-23)15-30-24-16-34-26(14-25(24)33)27(19-4-8-21(28)9-5-19)20-6-10-22(29)11-7-20/h2-13,24-27,30,33H,14-16H2,1H3,(H,31,32)/t24-,25+,26+/m1/s1. The maximum absolute atomic E-state index is 13.5. The number of benzene rings is 3. The second-order valence-electron chi connectivity index (χ2n) is 8.62. The van der Waals surface area contributed by atoms with Crippen molar-refractivity contribution in [3.63, 3.8) is 0 Å². The number of anilines is 1. The number of carbonyl (C=O) groups is 1. The van der Waals surface area contributed by atoms with Gasteiger partial charge in [0.05, 0.1) is 24.9 Å². The monoisotopic (exact) mass is 466 g/mol. The Kier molecular flexibility index (Phi) is 7.67. The van der Waals surface area contributed by atoms with E-state index in [1.807, 2.05) is 24.3 Å². The lowest BCUT2D eigenvalue weighted by Crippen LogP contribution is -2.50. The van der Waals surface area contributed by atoms with Gasteiger partial charge in [-0.1, -0.05) is 36.4 Å². The van der Waals surface area contributed by atoms with E-state index in [-0.39, 0.29) is 35.6 Å². The zero-order chi connectivity index (χ0) is 24.1. The van der Waals surface area contributed by atoms with Gasteiger partial charge in [0.2, 0.25) is 5.91 Å². The van der Waals surface area contributed by atoms with E-state index in [1.54, 1.807) is 24.3 Å². The van der Waals surface area contributed by atoms with Crippen molar-refractivity contribution in [3.05, 3.63) is 101 Å². The van der Waals surface area contributed by atoms with Gasteiger partial charge in [-0.2, -0.15) is 0 Å². The highest BCUT2D eigenvalue weighted by molar-refractivity contribution is 5.88. The first-order chi connectivity index (χ1) is 16.4. The van der Waals surface area contributed by atoms with Crippen LogP contribution in [0.5, 0.6) is 0 Å². The molecule has 0 radical (unpaired) electrons. The molecule has 1 aliphatic rings. The minimum Gasteiger partial charge on any atom is -0.391 e. The predicted octanol–water partition coefficient (Wildman–Crippen LogP) is 4.36. The Bertz CT molecular complexity index is 1040. The smallest absolute Gasteiger partial charge is 0.221 e. The van der Waals surface area contributed by atoms with Crippen LogP contribution in [0.15, 0.2) is 72.8 Å². The third-order valence-electron chi connectivity index (χ3n) is 6.10. The Labute approximate surface area is 197 Å². The minimum atomic E-state index is -0.652. The lowest BCUT2D eigenvalue weighted by atomic mass is 9.82. The summed E-state index contributed by atoms with van der Waals surface area (Å²) in [4.78, 5) is 11.2. The largest absolute Gasteiger partial charge is 0.391 e. The topological polar surface area (TPSA) is 70.6 Å². The first-order valence-electron chi connectivity index (χ1n) is 11.3. The van der Waals surface area contributed by atoms with Gasteiger partial charge in [0.15, 0.2) is 0 Å². The molecule has 0 aromatic heterocycles. The number of hydrogen-bond acceptors (Lipinski definition) is 4. The molecule has 0 spiro atoms. The summed E-state index contributed by atoms with van der Waals surface area (Å²) in [6.07, 6.45) is -0.625. The van der Waals surface area contributed by atoms with Crippen LogP contribution < -0.4 is 10.6 Å². The molecule has 3 atom stereocenters. The van der Waals surface area contributed by atoms with Gasteiger partial charge in [-0.3, -0.25) is 4.79 Å². The molecule has 1 heterocycles. The molecule has 1 fully saturated rings. The maximum Gasteiger partial charge on any atom is 0.221 e. The molecule has 1 aliphatic heterocycles. The summed E-state index contributed by atoms with van der Waals surface area (Å²) in [5.74, 6) is -1.05. The van der Waals surface area contributed by atoms with Crippen molar-refractivity contribution in [2.45, 2.75) is 44.1 Å². The molecule has 0 bridgehead atoms. The van der Waals surface area contributed by atoms with E-state index >= 15 is 0 Å². The van der Waals surface area contributed by atoms with E-state index in [4.69, 9.17) is 4.74 Å². The average molecular weight is 467 g/mol. The van der Waals surface area contributed by atoms with Crippen molar-refractivity contribution in [2.24, 2.45) is 0 Å². The molecular formula is C27H28F2N2O3. The van der Waals surface area contributed by atoms with Crippen LogP contribution in [0.1, 0.15) is 36.0 Å². The van der Waals surface area contributed by atoms with Crippen LogP contribution in [0.4, 0.5) is 14.5 Å². The van der Waals surface area contributed by atoms with E-state index < -0.39 is 6.10 Å². The SMILES string of the molecule is CC(=O)Nc1ccc(CN[C@@H]2CO[C@H](C(c3ccc(F)cc3)c3ccc(F)cc3)C[C@@H]2O)cc1. The third-order valence-corrected chi connectivity index (χ3v) is 6.10. The van der Waals surface area contributed by atoms with Gasteiger partial charge < -0.3 is 20.5 Å². The summed E-state index contributed by atoms with van der Waals surface area (Å²) < 4.78 is 33.2. The Morgan fingerprint density at radius 2 is 1.53 bits per heavy atom. The van der Waals surface area contributed by atoms with Gasteiger partial charge in [0, 0.05) is 31.5 Å². The molecule has 34 heavy (non-hydrogen) atoms. The number of rotatable bonds is 7. The number of aliphatic hydroxyl groups is 1. The lowest BCUT2D eigenvalue weighted by molar-refractivity contribution is -0.114.